The summed E-state index contributed by atoms with van der Waals surface area (Å²) >= 11 is 0. The van der Waals surface area contributed by atoms with Crippen molar-refractivity contribution in [1.29, 1.82) is 0 Å². The highest BCUT2D eigenvalue weighted by molar-refractivity contribution is 6.58. The van der Waals surface area contributed by atoms with Gasteiger partial charge in [-0.25, -0.2) is 0 Å². The summed E-state index contributed by atoms with van der Waals surface area (Å²) in [5.74, 6) is 4.24. The zero-order valence-electron chi connectivity index (χ0n) is 20.0. The quantitative estimate of drug-likeness (QED) is 0.240. The molecule has 1 aliphatic carbocycles. The van der Waals surface area contributed by atoms with E-state index in [2.05, 4.69) is 31.2 Å². The predicted molar refractivity (Wildman–Crippen MR) is 134 cm³/mol. The summed E-state index contributed by atoms with van der Waals surface area (Å²) < 4.78 is 5.55. The molecule has 0 spiro atoms. The first kappa shape index (κ1) is 23.9. The number of unbranched alkanes of at least 4 members (excludes halogenated alkanes) is 3. The summed E-state index contributed by atoms with van der Waals surface area (Å²) in [5, 5.41) is 0. The molecule has 0 aromatic heterocycles. The van der Waals surface area contributed by atoms with Gasteiger partial charge in [0.15, 0.2) is 0 Å². The van der Waals surface area contributed by atoms with E-state index in [4.69, 9.17) is 4.74 Å². The summed E-state index contributed by atoms with van der Waals surface area (Å²) in [6, 6.07) is 13.8. The molecule has 2 aliphatic rings. The summed E-state index contributed by atoms with van der Waals surface area (Å²) in [7, 11) is -0.322. The molecule has 30 heavy (non-hydrogen) atoms. The molecule has 1 heterocycles. The van der Waals surface area contributed by atoms with Crippen molar-refractivity contribution in [3.8, 4) is 5.75 Å². The third-order valence-electron chi connectivity index (χ3n) is 8.23. The molecule has 3 rings (SSSR count). The smallest absolute Gasteiger partial charge is 0.119 e. The minimum Gasteiger partial charge on any atom is -0.494 e. The van der Waals surface area contributed by atoms with Crippen LogP contribution in [0.25, 0.3) is 0 Å². The molecule has 2 heteroatoms. The molecule has 0 bridgehead atoms. The molecule has 0 atom stereocenters. The molecule has 1 saturated carbocycles. The van der Waals surface area contributed by atoms with Gasteiger partial charge in [0, 0.05) is 8.80 Å². The van der Waals surface area contributed by atoms with Crippen molar-refractivity contribution in [1.82, 2.24) is 0 Å². The maximum absolute atomic E-state index is 5.55. The molecular weight excluding hydrogens is 380 g/mol. The Balaban J connectivity index is 1.24. The molecule has 1 aliphatic heterocycles. The number of benzene rings is 1. The van der Waals surface area contributed by atoms with E-state index < -0.39 is 0 Å². The number of rotatable bonds is 12. The fraction of sp³-hybridized carbons (Fsp3) is 0.786. The molecule has 0 amide bonds. The Bertz CT molecular complexity index is 553. The Hall–Kier alpha value is -0.763. The first-order chi connectivity index (χ1) is 14.8. The van der Waals surface area contributed by atoms with Crippen molar-refractivity contribution in [3.05, 3.63) is 29.8 Å². The maximum atomic E-state index is 5.55. The Morgan fingerprint density at radius 1 is 0.800 bits per heavy atom. The fourth-order valence-corrected chi connectivity index (χ4v) is 9.79. The second-order valence-electron chi connectivity index (χ2n) is 10.4. The zero-order chi connectivity index (χ0) is 21.0. The average molecular weight is 429 g/mol. The second-order valence-corrected chi connectivity index (χ2v) is 13.8. The van der Waals surface area contributed by atoms with Crippen LogP contribution >= 0.6 is 0 Å². The lowest BCUT2D eigenvalue weighted by molar-refractivity contribution is 0.184. The molecule has 1 aromatic rings. The highest BCUT2D eigenvalue weighted by Gasteiger charge is 2.30. The van der Waals surface area contributed by atoms with Crippen molar-refractivity contribution >= 4 is 8.80 Å². The SMILES string of the molecule is CCCCC[SiH]1CCC(C2CCC(CCCCc3ccc(OCC)cc3)CC2)CC1. The number of aryl methyl sites for hydroxylation is 1. The molecule has 170 valence electrons. The lowest BCUT2D eigenvalue weighted by atomic mass is 9.73. The van der Waals surface area contributed by atoms with Crippen molar-refractivity contribution < 1.29 is 4.74 Å². The lowest BCUT2D eigenvalue weighted by Crippen LogP contribution is -2.28. The number of hydrogen-bond acceptors (Lipinski definition) is 1. The van der Waals surface area contributed by atoms with Gasteiger partial charge in [-0.05, 0) is 68.1 Å². The first-order valence-electron chi connectivity index (χ1n) is 13.5. The Labute approximate surface area is 189 Å². The summed E-state index contributed by atoms with van der Waals surface area (Å²) in [6.07, 6.45) is 19.3. The average Bonchev–Trinajstić information content (AvgIpc) is 2.79. The Kier molecular flexibility index (Phi) is 10.8. The van der Waals surface area contributed by atoms with E-state index in [1.165, 1.54) is 56.9 Å². The minimum absolute atomic E-state index is 0.322. The van der Waals surface area contributed by atoms with Gasteiger partial charge in [-0.3, -0.25) is 0 Å². The molecule has 0 unspecified atom stereocenters. The van der Waals surface area contributed by atoms with E-state index in [9.17, 15) is 0 Å². The van der Waals surface area contributed by atoms with Gasteiger partial charge in [-0.1, -0.05) is 95.0 Å². The van der Waals surface area contributed by atoms with Gasteiger partial charge in [0.25, 0.3) is 0 Å². The minimum atomic E-state index is -0.322. The van der Waals surface area contributed by atoms with Crippen molar-refractivity contribution in [2.24, 2.45) is 17.8 Å². The number of hydrogen-bond donors (Lipinski definition) is 0. The molecule has 2 fully saturated rings. The third kappa shape index (κ3) is 8.06. The van der Waals surface area contributed by atoms with Crippen LogP contribution in [0.5, 0.6) is 5.75 Å². The largest absolute Gasteiger partial charge is 0.494 e. The highest BCUT2D eigenvalue weighted by atomic mass is 28.3. The van der Waals surface area contributed by atoms with Gasteiger partial charge in [0.2, 0.25) is 0 Å². The molecule has 0 radical (unpaired) electrons. The number of ether oxygens (including phenoxy) is 1. The van der Waals surface area contributed by atoms with Crippen LogP contribution in [0.4, 0.5) is 0 Å². The van der Waals surface area contributed by atoms with Gasteiger partial charge in [-0.15, -0.1) is 0 Å². The normalized spacial score (nSPS) is 27.1. The van der Waals surface area contributed by atoms with Crippen LogP contribution in [0.2, 0.25) is 18.1 Å². The standard InChI is InChI=1S/C28H48OSi/c1-3-5-8-21-30-22-19-27(20-23-30)26-15-11-24(12-16-26)9-6-7-10-25-13-17-28(18-14-25)29-4-2/h13-14,17-18,24,26-27,30H,3-12,15-16,19-23H2,1-2H3. The van der Waals surface area contributed by atoms with Crippen molar-refractivity contribution in [2.45, 2.75) is 115 Å². The van der Waals surface area contributed by atoms with Crippen LogP contribution < -0.4 is 4.74 Å². The van der Waals surface area contributed by atoms with Crippen molar-refractivity contribution in [2.75, 3.05) is 6.61 Å². The van der Waals surface area contributed by atoms with Gasteiger partial charge < -0.3 is 4.74 Å². The summed E-state index contributed by atoms with van der Waals surface area (Å²) in [6.45, 7) is 5.14. The zero-order valence-corrected chi connectivity index (χ0v) is 21.2. The first-order valence-corrected chi connectivity index (χ1v) is 15.9. The third-order valence-corrected chi connectivity index (χ3v) is 11.8. The lowest BCUT2D eigenvalue weighted by Gasteiger charge is -2.37. The van der Waals surface area contributed by atoms with E-state index in [-0.39, 0.29) is 8.80 Å². The topological polar surface area (TPSA) is 9.23 Å². The maximum Gasteiger partial charge on any atom is 0.119 e. The van der Waals surface area contributed by atoms with Crippen LogP contribution in [-0.2, 0) is 6.42 Å². The van der Waals surface area contributed by atoms with E-state index in [0.717, 1.165) is 30.1 Å². The molecular formula is C28H48OSi. The van der Waals surface area contributed by atoms with Crippen LogP contribution in [-0.4, -0.2) is 15.4 Å². The van der Waals surface area contributed by atoms with Gasteiger partial charge in [-0.2, -0.15) is 0 Å². The van der Waals surface area contributed by atoms with Gasteiger partial charge in [0.05, 0.1) is 6.61 Å². The van der Waals surface area contributed by atoms with E-state index in [0.29, 0.717) is 0 Å². The molecule has 1 aromatic carbocycles. The summed E-state index contributed by atoms with van der Waals surface area (Å²) in [5.41, 5.74) is 1.47. The molecule has 0 N–H and O–H groups in total. The van der Waals surface area contributed by atoms with Crippen LogP contribution in [0.1, 0.15) is 96.5 Å². The van der Waals surface area contributed by atoms with E-state index >= 15 is 0 Å². The van der Waals surface area contributed by atoms with E-state index in [1.807, 2.05) is 6.92 Å². The highest BCUT2D eigenvalue weighted by Crippen LogP contribution is 2.42. The predicted octanol–water partition coefficient (Wildman–Crippen LogP) is 8.43. The van der Waals surface area contributed by atoms with E-state index in [1.54, 1.807) is 50.2 Å². The Morgan fingerprint density at radius 3 is 2.17 bits per heavy atom. The van der Waals surface area contributed by atoms with Gasteiger partial charge in [0.1, 0.15) is 5.75 Å². The van der Waals surface area contributed by atoms with Crippen molar-refractivity contribution in [3.63, 3.8) is 0 Å². The van der Waals surface area contributed by atoms with Crippen LogP contribution in [0, 0.1) is 17.8 Å². The molecule has 1 nitrogen and oxygen atoms in total. The van der Waals surface area contributed by atoms with Crippen LogP contribution in [0.15, 0.2) is 24.3 Å². The Morgan fingerprint density at radius 2 is 1.50 bits per heavy atom. The molecule has 1 saturated heterocycles. The van der Waals surface area contributed by atoms with Gasteiger partial charge >= 0.3 is 0 Å². The second kappa shape index (κ2) is 13.6. The summed E-state index contributed by atoms with van der Waals surface area (Å²) in [4.78, 5) is 0. The van der Waals surface area contributed by atoms with Crippen LogP contribution in [0.3, 0.4) is 0 Å². The monoisotopic (exact) mass is 428 g/mol. The fourth-order valence-electron chi connectivity index (χ4n) is 6.26.